The van der Waals surface area contributed by atoms with Crippen LogP contribution in [0.4, 0.5) is 5.69 Å². The Morgan fingerprint density at radius 3 is 2.65 bits per heavy atom. The van der Waals surface area contributed by atoms with Crippen molar-refractivity contribution in [3.8, 4) is 5.69 Å². The molecule has 0 aliphatic carbocycles. The van der Waals surface area contributed by atoms with Gasteiger partial charge >= 0.3 is 0 Å². The van der Waals surface area contributed by atoms with E-state index in [0.29, 0.717) is 6.42 Å². The molecule has 0 saturated heterocycles. The zero-order valence-electron chi connectivity index (χ0n) is 14.1. The number of anilines is 1. The second-order valence-corrected chi connectivity index (χ2v) is 6.78. The molecule has 1 heterocycles. The maximum atomic E-state index is 12.1. The first kappa shape index (κ1) is 17.6. The third-order valence-electron chi connectivity index (χ3n) is 3.67. The van der Waals surface area contributed by atoms with Gasteiger partial charge in [0, 0.05) is 12.2 Å². The lowest BCUT2D eigenvalue weighted by Crippen LogP contribution is -2.13. The van der Waals surface area contributed by atoms with Gasteiger partial charge in [-0.2, -0.15) is 16.9 Å². The van der Waals surface area contributed by atoms with Gasteiger partial charge in [-0.25, -0.2) is 4.68 Å². The van der Waals surface area contributed by atoms with Crippen molar-refractivity contribution >= 4 is 23.4 Å². The minimum absolute atomic E-state index is 0.0628. The molecule has 1 N–H and O–H groups in total. The average Bonchev–Trinajstić information content (AvgIpc) is 2.83. The van der Waals surface area contributed by atoms with Gasteiger partial charge in [-0.05, 0) is 38.2 Å². The minimum atomic E-state index is 0.0628. The van der Waals surface area contributed by atoms with Gasteiger partial charge in [0.25, 0.3) is 0 Å². The van der Waals surface area contributed by atoms with Crippen molar-refractivity contribution in [3.05, 3.63) is 41.7 Å². The summed E-state index contributed by atoms with van der Waals surface area (Å²) < 4.78 is 1.88. The zero-order valence-corrected chi connectivity index (χ0v) is 14.9. The number of rotatable bonds is 8. The fraction of sp³-hybridized carbons (Fsp3) is 0.444. The maximum absolute atomic E-state index is 12.1. The molecule has 4 nitrogen and oxygen atoms in total. The molecule has 0 aliphatic heterocycles. The van der Waals surface area contributed by atoms with E-state index in [-0.39, 0.29) is 5.91 Å². The largest absolute Gasteiger partial charge is 0.323 e. The number of nitrogens with zero attached hydrogens (tertiary/aromatic N) is 2. The highest BCUT2D eigenvalue weighted by molar-refractivity contribution is 7.99. The van der Waals surface area contributed by atoms with Crippen molar-refractivity contribution in [2.75, 3.05) is 16.8 Å². The lowest BCUT2D eigenvalue weighted by Gasteiger charge is -2.07. The molecule has 1 aromatic carbocycles. The summed E-state index contributed by atoms with van der Waals surface area (Å²) in [6.07, 6.45) is 2.97. The predicted molar refractivity (Wildman–Crippen MR) is 98.5 cm³/mol. The van der Waals surface area contributed by atoms with Crippen LogP contribution in [-0.2, 0) is 4.79 Å². The summed E-state index contributed by atoms with van der Waals surface area (Å²) >= 11 is 1.85. The molecule has 2 aromatic rings. The van der Waals surface area contributed by atoms with Gasteiger partial charge in [0.05, 0.1) is 22.8 Å². The van der Waals surface area contributed by atoms with Crippen molar-refractivity contribution in [1.82, 2.24) is 9.78 Å². The van der Waals surface area contributed by atoms with E-state index in [1.54, 1.807) is 0 Å². The first-order valence-corrected chi connectivity index (χ1v) is 9.28. The molecule has 0 bridgehead atoms. The first-order chi connectivity index (χ1) is 11.1. The van der Waals surface area contributed by atoms with E-state index in [9.17, 15) is 4.79 Å². The summed E-state index contributed by atoms with van der Waals surface area (Å²) in [5, 5.41) is 7.57. The second-order valence-electron chi connectivity index (χ2n) is 5.56. The van der Waals surface area contributed by atoms with E-state index in [1.165, 1.54) is 12.8 Å². The number of thioether (sulfide) groups is 1. The number of hydrogen-bond acceptors (Lipinski definition) is 3. The van der Waals surface area contributed by atoms with Crippen LogP contribution in [0, 0.1) is 13.8 Å². The molecule has 0 unspecified atom stereocenters. The molecule has 23 heavy (non-hydrogen) atoms. The van der Waals surface area contributed by atoms with E-state index < -0.39 is 0 Å². The van der Waals surface area contributed by atoms with E-state index in [2.05, 4.69) is 17.3 Å². The molecule has 124 valence electrons. The van der Waals surface area contributed by atoms with Gasteiger partial charge in [0.15, 0.2) is 0 Å². The quantitative estimate of drug-likeness (QED) is 0.732. The average molecular weight is 331 g/mol. The highest BCUT2D eigenvalue weighted by atomic mass is 32.2. The van der Waals surface area contributed by atoms with Crippen LogP contribution in [0.1, 0.15) is 37.6 Å². The van der Waals surface area contributed by atoms with Crippen LogP contribution in [0.25, 0.3) is 5.69 Å². The molecule has 0 fully saturated rings. The van der Waals surface area contributed by atoms with Crippen LogP contribution in [0.15, 0.2) is 30.3 Å². The monoisotopic (exact) mass is 331 g/mol. The summed E-state index contributed by atoms with van der Waals surface area (Å²) in [5.74, 6) is 2.07. The lowest BCUT2D eigenvalue weighted by molar-refractivity contribution is -0.115. The third-order valence-corrected chi connectivity index (χ3v) is 4.74. The van der Waals surface area contributed by atoms with E-state index in [1.807, 2.05) is 60.6 Å². The molecule has 0 radical (unpaired) electrons. The molecule has 1 amide bonds. The number of para-hydroxylation sites is 1. The number of aryl methyl sites for hydroxylation is 1. The van der Waals surface area contributed by atoms with E-state index in [4.69, 9.17) is 0 Å². The van der Waals surface area contributed by atoms with Crippen LogP contribution in [0.5, 0.6) is 0 Å². The molecule has 0 spiro atoms. The molecular weight excluding hydrogens is 306 g/mol. The molecule has 5 heteroatoms. The Hall–Kier alpha value is -1.75. The van der Waals surface area contributed by atoms with Crippen LogP contribution < -0.4 is 5.32 Å². The second kappa shape index (κ2) is 8.77. The number of benzene rings is 1. The molecule has 0 atom stereocenters. The number of hydrogen-bond donors (Lipinski definition) is 1. The topological polar surface area (TPSA) is 46.9 Å². The molecule has 0 aliphatic rings. The number of nitrogens with one attached hydrogen (secondary N) is 1. The Balaban J connectivity index is 1.98. The predicted octanol–water partition coefficient (Wildman–Crippen LogP) is 4.35. The van der Waals surface area contributed by atoms with Crippen LogP contribution >= 0.6 is 11.8 Å². The molecule has 2 rings (SSSR count). The summed E-state index contributed by atoms with van der Waals surface area (Å²) in [4.78, 5) is 12.1. The van der Waals surface area contributed by atoms with Gasteiger partial charge in [-0.15, -0.1) is 0 Å². The molecule has 1 aromatic heterocycles. The fourth-order valence-electron chi connectivity index (χ4n) is 2.36. The minimum Gasteiger partial charge on any atom is -0.323 e. The maximum Gasteiger partial charge on any atom is 0.225 e. The van der Waals surface area contributed by atoms with Crippen LogP contribution in [0.3, 0.4) is 0 Å². The highest BCUT2D eigenvalue weighted by Gasteiger charge is 2.14. The molecule has 0 saturated carbocycles. The Morgan fingerprint density at radius 1 is 1.22 bits per heavy atom. The smallest absolute Gasteiger partial charge is 0.225 e. The van der Waals surface area contributed by atoms with Crippen molar-refractivity contribution in [1.29, 1.82) is 0 Å². The lowest BCUT2D eigenvalue weighted by atomic mass is 10.3. The summed E-state index contributed by atoms with van der Waals surface area (Å²) in [6.45, 7) is 6.10. The number of unbranched alkanes of at least 4 members (excludes halogenated alkanes) is 1. The Labute approximate surface area is 142 Å². The summed E-state index contributed by atoms with van der Waals surface area (Å²) in [6, 6.07) is 9.97. The fourth-order valence-corrected chi connectivity index (χ4v) is 3.39. The zero-order chi connectivity index (χ0) is 16.7. The Morgan fingerprint density at radius 2 is 1.96 bits per heavy atom. The number of amides is 1. The highest BCUT2D eigenvalue weighted by Crippen LogP contribution is 2.23. The number of aromatic nitrogens is 2. The summed E-state index contributed by atoms with van der Waals surface area (Å²) in [7, 11) is 0. The van der Waals surface area contributed by atoms with Gasteiger partial charge in [-0.1, -0.05) is 31.5 Å². The van der Waals surface area contributed by atoms with Gasteiger partial charge in [-0.3, -0.25) is 4.79 Å². The Bertz CT molecular complexity index is 637. The summed E-state index contributed by atoms with van der Waals surface area (Å²) in [5.41, 5.74) is 3.64. The van der Waals surface area contributed by atoms with Crippen molar-refractivity contribution in [3.63, 3.8) is 0 Å². The number of carbonyl (C=O) groups is 1. The van der Waals surface area contributed by atoms with Gasteiger partial charge in [0.2, 0.25) is 5.91 Å². The van der Waals surface area contributed by atoms with Crippen LogP contribution in [0.2, 0.25) is 0 Å². The first-order valence-electron chi connectivity index (χ1n) is 8.12. The van der Waals surface area contributed by atoms with Gasteiger partial charge in [0.1, 0.15) is 0 Å². The molecular formula is C18H25N3OS. The normalized spacial score (nSPS) is 10.7. The van der Waals surface area contributed by atoms with E-state index >= 15 is 0 Å². The number of carbonyl (C=O) groups excluding carboxylic acids is 1. The van der Waals surface area contributed by atoms with E-state index in [0.717, 1.165) is 34.3 Å². The third kappa shape index (κ3) is 4.86. The van der Waals surface area contributed by atoms with Gasteiger partial charge < -0.3 is 5.32 Å². The van der Waals surface area contributed by atoms with Crippen molar-refractivity contribution in [2.24, 2.45) is 0 Å². The van der Waals surface area contributed by atoms with Crippen molar-refractivity contribution in [2.45, 2.75) is 40.0 Å². The standard InChI is InChI=1S/C18H25N3OS/c1-4-5-12-23-13-11-17(22)19-18-14(2)20-21(15(18)3)16-9-7-6-8-10-16/h6-10H,4-5,11-13H2,1-3H3,(H,19,22). The SMILES string of the molecule is CCCCSCCC(=O)Nc1c(C)nn(-c2ccccc2)c1C. The van der Waals surface area contributed by atoms with Crippen molar-refractivity contribution < 1.29 is 4.79 Å². The Kier molecular flexibility index (Phi) is 6.71. The van der Waals surface area contributed by atoms with Crippen LogP contribution in [-0.4, -0.2) is 27.2 Å².